The molecule has 2 aliphatic rings. The number of hydrogen-bond acceptors (Lipinski definition) is 4. The molecule has 4 rings (SSSR count). The fourth-order valence-electron chi connectivity index (χ4n) is 4.96. The van der Waals surface area contributed by atoms with E-state index in [0.29, 0.717) is 16.9 Å². The molecule has 0 saturated carbocycles. The van der Waals surface area contributed by atoms with E-state index in [1.807, 2.05) is 24.3 Å². The lowest BCUT2D eigenvalue weighted by Gasteiger charge is -2.36. The second-order valence-corrected chi connectivity index (χ2v) is 9.23. The first-order valence-electron chi connectivity index (χ1n) is 10.7. The zero-order valence-corrected chi connectivity index (χ0v) is 17.8. The molecular weight excluding hydrogens is 360 g/mol. The largest absolute Gasteiger partial charge is 0.399 e. The third kappa shape index (κ3) is 4.15. The van der Waals surface area contributed by atoms with E-state index in [0.717, 1.165) is 49.3 Å². The molecule has 5 nitrogen and oxygen atoms in total. The lowest BCUT2D eigenvalue weighted by molar-refractivity contribution is 0.241. The Balaban J connectivity index is 1.52. The number of nitrogens with two attached hydrogens (primary N) is 1. The van der Waals surface area contributed by atoms with Gasteiger partial charge in [-0.05, 0) is 68.7 Å². The summed E-state index contributed by atoms with van der Waals surface area (Å²) in [5, 5.41) is 0. The van der Waals surface area contributed by atoms with Gasteiger partial charge in [0.2, 0.25) is 0 Å². The number of fused-ring (bicyclic) bond motifs is 1. The minimum Gasteiger partial charge on any atom is -0.399 e. The lowest BCUT2D eigenvalue weighted by atomic mass is 9.71. The molecule has 154 valence electrons. The lowest BCUT2D eigenvalue weighted by Crippen LogP contribution is -2.36. The van der Waals surface area contributed by atoms with Gasteiger partial charge in [0, 0.05) is 36.4 Å². The van der Waals surface area contributed by atoms with Crippen LogP contribution in [0.15, 0.2) is 40.2 Å². The quantitative estimate of drug-likeness (QED) is 0.601. The Labute approximate surface area is 173 Å². The van der Waals surface area contributed by atoms with E-state index in [2.05, 4.69) is 30.7 Å². The van der Waals surface area contributed by atoms with Crippen molar-refractivity contribution in [1.29, 1.82) is 0 Å². The van der Waals surface area contributed by atoms with E-state index >= 15 is 0 Å². The zero-order chi connectivity index (χ0) is 20.6. The summed E-state index contributed by atoms with van der Waals surface area (Å²) >= 11 is 0. The maximum Gasteiger partial charge on any atom is 0.254 e. The fraction of sp³-hybridized carbons (Fsp3) is 0.500. The standard InChI is InChI=1S/C24H32N4O/c1-16-5-4-12-24(2,3)20(16)11-14-28-13-10-19-21(15-28)26-22(27-23(19)29)17-6-8-18(25)9-7-17/h6-9H,4-5,10-15,25H2,1-3H3,(H,26,27,29). The van der Waals surface area contributed by atoms with Crippen molar-refractivity contribution in [3.8, 4) is 11.4 Å². The molecule has 1 aliphatic carbocycles. The van der Waals surface area contributed by atoms with Crippen LogP contribution in [0.3, 0.4) is 0 Å². The van der Waals surface area contributed by atoms with Crippen LogP contribution in [0, 0.1) is 5.41 Å². The molecule has 1 aliphatic heterocycles. The van der Waals surface area contributed by atoms with Crippen LogP contribution in [0.5, 0.6) is 0 Å². The molecule has 2 aromatic rings. The molecule has 29 heavy (non-hydrogen) atoms. The van der Waals surface area contributed by atoms with Crippen molar-refractivity contribution in [1.82, 2.24) is 14.9 Å². The molecular formula is C24H32N4O. The van der Waals surface area contributed by atoms with Gasteiger partial charge in [-0.2, -0.15) is 0 Å². The summed E-state index contributed by atoms with van der Waals surface area (Å²) in [6.45, 7) is 9.77. The minimum absolute atomic E-state index is 0.00607. The SMILES string of the molecule is CC1=C(CCN2CCc3c(nc(-c4ccc(N)cc4)[nH]c3=O)C2)C(C)(C)CCC1. The van der Waals surface area contributed by atoms with Crippen LogP contribution in [0.4, 0.5) is 5.69 Å². The third-order valence-electron chi connectivity index (χ3n) is 6.70. The molecule has 0 saturated heterocycles. The maximum atomic E-state index is 12.6. The number of aromatic nitrogens is 2. The molecule has 0 spiro atoms. The molecule has 1 aromatic heterocycles. The fourth-order valence-corrected chi connectivity index (χ4v) is 4.96. The highest BCUT2D eigenvalue weighted by Gasteiger charge is 2.29. The van der Waals surface area contributed by atoms with Gasteiger partial charge in [-0.1, -0.05) is 25.0 Å². The average Bonchev–Trinajstić information content (AvgIpc) is 2.67. The topological polar surface area (TPSA) is 75.0 Å². The third-order valence-corrected chi connectivity index (χ3v) is 6.70. The van der Waals surface area contributed by atoms with Crippen molar-refractivity contribution in [3.63, 3.8) is 0 Å². The predicted octanol–water partition coefficient (Wildman–Crippen LogP) is 4.29. The first kappa shape index (κ1) is 19.9. The summed E-state index contributed by atoms with van der Waals surface area (Å²) < 4.78 is 0. The van der Waals surface area contributed by atoms with E-state index in [1.165, 1.54) is 19.3 Å². The van der Waals surface area contributed by atoms with Crippen LogP contribution < -0.4 is 11.3 Å². The summed E-state index contributed by atoms with van der Waals surface area (Å²) in [4.78, 5) is 22.8. The number of rotatable bonds is 4. The van der Waals surface area contributed by atoms with Crippen LogP contribution in [0.1, 0.15) is 57.7 Å². The van der Waals surface area contributed by atoms with E-state index < -0.39 is 0 Å². The van der Waals surface area contributed by atoms with Crippen LogP contribution in [-0.2, 0) is 13.0 Å². The number of H-pyrrole nitrogens is 1. The predicted molar refractivity (Wildman–Crippen MR) is 119 cm³/mol. The molecule has 0 bridgehead atoms. The van der Waals surface area contributed by atoms with Gasteiger partial charge in [-0.15, -0.1) is 0 Å². The Hall–Kier alpha value is -2.40. The normalized spacial score (nSPS) is 19.3. The summed E-state index contributed by atoms with van der Waals surface area (Å²) in [6.07, 6.45) is 5.71. The van der Waals surface area contributed by atoms with E-state index in [1.54, 1.807) is 11.1 Å². The van der Waals surface area contributed by atoms with Gasteiger partial charge in [-0.3, -0.25) is 9.69 Å². The first-order valence-corrected chi connectivity index (χ1v) is 10.7. The van der Waals surface area contributed by atoms with Crippen molar-refractivity contribution < 1.29 is 0 Å². The average molecular weight is 393 g/mol. The molecule has 0 unspecified atom stereocenters. The summed E-state index contributed by atoms with van der Waals surface area (Å²) in [7, 11) is 0. The Morgan fingerprint density at radius 1 is 1.21 bits per heavy atom. The van der Waals surface area contributed by atoms with Crippen LogP contribution >= 0.6 is 0 Å². The molecule has 1 aromatic carbocycles. The number of benzene rings is 1. The first-order chi connectivity index (χ1) is 13.8. The Bertz CT molecular complexity index is 985. The molecule has 0 atom stereocenters. The number of hydrogen-bond donors (Lipinski definition) is 2. The monoisotopic (exact) mass is 392 g/mol. The highest BCUT2D eigenvalue weighted by Crippen LogP contribution is 2.41. The van der Waals surface area contributed by atoms with Crippen molar-refractivity contribution in [2.45, 2.75) is 59.4 Å². The Morgan fingerprint density at radius 2 is 1.97 bits per heavy atom. The number of allylic oxidation sites excluding steroid dienone is 1. The van der Waals surface area contributed by atoms with Gasteiger partial charge in [0.15, 0.2) is 0 Å². The molecule has 5 heteroatoms. The van der Waals surface area contributed by atoms with Gasteiger partial charge in [0.1, 0.15) is 5.82 Å². The molecule has 2 heterocycles. The number of nitrogen functional groups attached to an aromatic ring is 1. The van der Waals surface area contributed by atoms with Gasteiger partial charge >= 0.3 is 0 Å². The second-order valence-electron chi connectivity index (χ2n) is 9.23. The number of nitrogens with one attached hydrogen (secondary N) is 1. The summed E-state index contributed by atoms with van der Waals surface area (Å²) in [5.74, 6) is 0.627. The van der Waals surface area contributed by atoms with Crippen LogP contribution in [0.25, 0.3) is 11.4 Å². The van der Waals surface area contributed by atoms with Crippen molar-refractivity contribution >= 4 is 5.69 Å². The summed E-state index contributed by atoms with van der Waals surface area (Å²) in [5.41, 5.74) is 12.7. The van der Waals surface area contributed by atoms with Gasteiger partial charge in [0.25, 0.3) is 5.56 Å². The van der Waals surface area contributed by atoms with Gasteiger partial charge in [-0.25, -0.2) is 4.98 Å². The van der Waals surface area contributed by atoms with Crippen molar-refractivity contribution in [2.24, 2.45) is 5.41 Å². The molecule has 0 radical (unpaired) electrons. The number of aromatic amines is 1. The van der Waals surface area contributed by atoms with Gasteiger partial charge < -0.3 is 10.7 Å². The van der Waals surface area contributed by atoms with E-state index in [4.69, 9.17) is 10.7 Å². The summed E-state index contributed by atoms with van der Waals surface area (Å²) in [6, 6.07) is 7.48. The number of anilines is 1. The molecule has 3 N–H and O–H groups in total. The maximum absolute atomic E-state index is 12.6. The van der Waals surface area contributed by atoms with Crippen molar-refractivity contribution in [3.05, 3.63) is 57.0 Å². The highest BCUT2D eigenvalue weighted by atomic mass is 16.1. The van der Waals surface area contributed by atoms with Crippen LogP contribution in [-0.4, -0.2) is 28.0 Å². The molecule has 0 fully saturated rings. The smallest absolute Gasteiger partial charge is 0.254 e. The highest BCUT2D eigenvalue weighted by molar-refractivity contribution is 5.58. The Morgan fingerprint density at radius 3 is 2.69 bits per heavy atom. The van der Waals surface area contributed by atoms with Crippen molar-refractivity contribution in [2.75, 3.05) is 18.8 Å². The Kier molecular flexibility index (Phi) is 5.34. The molecule has 0 amide bonds. The van der Waals surface area contributed by atoms with E-state index in [-0.39, 0.29) is 5.56 Å². The second kappa shape index (κ2) is 7.79. The zero-order valence-electron chi connectivity index (χ0n) is 17.8. The van der Waals surface area contributed by atoms with Gasteiger partial charge in [0.05, 0.1) is 5.69 Å². The number of nitrogens with zero attached hydrogens (tertiary/aromatic N) is 2. The minimum atomic E-state index is -0.00607. The van der Waals surface area contributed by atoms with Crippen LogP contribution in [0.2, 0.25) is 0 Å². The van der Waals surface area contributed by atoms with E-state index in [9.17, 15) is 4.79 Å².